The van der Waals surface area contributed by atoms with Crippen molar-refractivity contribution in [2.24, 2.45) is 10.7 Å². The van der Waals surface area contributed by atoms with E-state index in [4.69, 9.17) is 10.5 Å². The lowest BCUT2D eigenvalue weighted by atomic mass is 9.84. The highest BCUT2D eigenvalue weighted by Gasteiger charge is 2.50. The van der Waals surface area contributed by atoms with Gasteiger partial charge in [0.2, 0.25) is 0 Å². The molecule has 6 nitrogen and oxygen atoms in total. The average molecular weight is 466 g/mol. The maximum atomic E-state index is 14.8. The summed E-state index contributed by atoms with van der Waals surface area (Å²) in [5.74, 6) is -1.98. The molecule has 0 bridgehead atoms. The molecule has 0 fully saturated rings. The molecule has 1 aliphatic heterocycles. The molecule has 0 amide bonds. The Morgan fingerprint density at radius 3 is 2.67 bits per heavy atom. The van der Waals surface area contributed by atoms with Gasteiger partial charge < -0.3 is 15.2 Å². The number of aromatic nitrogens is 2. The molecule has 3 aromatic rings. The molecule has 0 unspecified atom stereocenters. The van der Waals surface area contributed by atoms with Crippen LogP contribution in [0.25, 0.3) is 10.9 Å². The van der Waals surface area contributed by atoms with Crippen LogP contribution in [-0.4, -0.2) is 35.4 Å². The third-order valence-electron chi connectivity index (χ3n) is 5.49. The smallest absolute Gasteiger partial charge is 0.425 e. The maximum absolute atomic E-state index is 14.8. The molecule has 2 aromatic heterocycles. The molecule has 1 aromatic carbocycles. The van der Waals surface area contributed by atoms with E-state index in [1.54, 1.807) is 12.1 Å². The zero-order chi connectivity index (χ0) is 24.0. The zero-order valence-electron chi connectivity index (χ0n) is 17.6. The van der Waals surface area contributed by atoms with Gasteiger partial charge in [0.15, 0.2) is 17.7 Å². The zero-order valence-corrected chi connectivity index (χ0v) is 17.6. The predicted octanol–water partition coefficient (Wildman–Crippen LogP) is 4.39. The summed E-state index contributed by atoms with van der Waals surface area (Å²) < 4.78 is 79.0. The number of pyridine rings is 2. The SMILES string of the molecule is COc1cnc2c(Cc3cc(F)c(F)c([C@]4(C)C[C@@H](C(F)(F)F)OC(N)=N4)c3)nccc2c1. The lowest BCUT2D eigenvalue weighted by molar-refractivity contribution is -0.208. The Bertz CT molecular complexity index is 1250. The van der Waals surface area contributed by atoms with Crippen LogP contribution < -0.4 is 10.5 Å². The second-order valence-corrected chi connectivity index (χ2v) is 7.90. The first-order chi connectivity index (χ1) is 15.5. The van der Waals surface area contributed by atoms with Gasteiger partial charge >= 0.3 is 6.18 Å². The molecule has 174 valence electrons. The molecule has 4 rings (SSSR count). The molecular formula is C22H19F5N4O2. The number of amidine groups is 1. The number of rotatable bonds is 4. The number of methoxy groups -OCH3 is 1. The first-order valence-corrected chi connectivity index (χ1v) is 9.85. The first kappa shape index (κ1) is 22.7. The van der Waals surface area contributed by atoms with E-state index in [0.29, 0.717) is 17.0 Å². The fraction of sp³-hybridized carbons (Fsp3) is 0.318. The van der Waals surface area contributed by atoms with Crippen molar-refractivity contribution in [1.82, 2.24) is 9.97 Å². The van der Waals surface area contributed by atoms with E-state index in [0.717, 1.165) is 11.5 Å². The Morgan fingerprint density at radius 1 is 1.21 bits per heavy atom. The second kappa shape index (κ2) is 8.13. The third-order valence-corrected chi connectivity index (χ3v) is 5.49. The molecule has 1 aliphatic rings. The van der Waals surface area contributed by atoms with Crippen LogP contribution in [0.15, 0.2) is 41.7 Å². The van der Waals surface area contributed by atoms with Gasteiger partial charge in [0.25, 0.3) is 6.02 Å². The average Bonchev–Trinajstić information content (AvgIpc) is 2.74. The highest BCUT2D eigenvalue weighted by atomic mass is 19.4. The number of nitrogens with zero attached hydrogens (tertiary/aromatic N) is 3. The normalized spacial score (nSPS) is 20.9. The summed E-state index contributed by atoms with van der Waals surface area (Å²) in [5.41, 5.74) is 4.59. The summed E-state index contributed by atoms with van der Waals surface area (Å²) >= 11 is 0. The molecular weight excluding hydrogens is 447 g/mol. The lowest BCUT2D eigenvalue weighted by Crippen LogP contribution is -2.46. The summed E-state index contributed by atoms with van der Waals surface area (Å²) in [6.45, 7) is 1.26. The van der Waals surface area contributed by atoms with Crippen LogP contribution in [0, 0.1) is 11.6 Å². The topological polar surface area (TPSA) is 82.6 Å². The Labute approximate surface area is 185 Å². The molecule has 0 spiro atoms. The van der Waals surface area contributed by atoms with Gasteiger partial charge in [-0.3, -0.25) is 9.97 Å². The Kier molecular flexibility index (Phi) is 5.59. The highest BCUT2D eigenvalue weighted by molar-refractivity contribution is 5.81. The van der Waals surface area contributed by atoms with Crippen LogP contribution in [-0.2, 0) is 16.7 Å². The number of alkyl halides is 3. The van der Waals surface area contributed by atoms with Gasteiger partial charge in [-0.25, -0.2) is 13.8 Å². The van der Waals surface area contributed by atoms with Crippen LogP contribution in [0.2, 0.25) is 0 Å². The first-order valence-electron chi connectivity index (χ1n) is 9.85. The van der Waals surface area contributed by atoms with Crippen molar-refractivity contribution < 1.29 is 31.4 Å². The molecule has 0 radical (unpaired) electrons. The number of aliphatic imine (C=N–C) groups is 1. The minimum Gasteiger partial charge on any atom is -0.495 e. The van der Waals surface area contributed by atoms with Crippen molar-refractivity contribution in [3.8, 4) is 5.75 Å². The quantitative estimate of drug-likeness (QED) is 0.577. The molecule has 3 heterocycles. The summed E-state index contributed by atoms with van der Waals surface area (Å²) in [4.78, 5) is 12.5. The van der Waals surface area contributed by atoms with E-state index in [-0.39, 0.29) is 17.5 Å². The van der Waals surface area contributed by atoms with E-state index >= 15 is 0 Å². The van der Waals surface area contributed by atoms with Crippen molar-refractivity contribution in [3.63, 3.8) is 0 Å². The highest BCUT2D eigenvalue weighted by Crippen LogP contribution is 2.41. The molecule has 2 N–H and O–H groups in total. The largest absolute Gasteiger partial charge is 0.495 e. The summed E-state index contributed by atoms with van der Waals surface area (Å²) in [6, 6.07) is 4.98. The Hall–Kier alpha value is -3.50. The van der Waals surface area contributed by atoms with Crippen molar-refractivity contribution in [2.45, 2.75) is 37.6 Å². The van der Waals surface area contributed by atoms with E-state index < -0.39 is 41.9 Å². The fourth-order valence-electron chi connectivity index (χ4n) is 3.89. The molecule has 2 atom stereocenters. The van der Waals surface area contributed by atoms with Crippen LogP contribution >= 0.6 is 0 Å². The second-order valence-electron chi connectivity index (χ2n) is 7.90. The van der Waals surface area contributed by atoms with Crippen molar-refractivity contribution >= 4 is 16.9 Å². The molecule has 0 saturated carbocycles. The van der Waals surface area contributed by atoms with Crippen molar-refractivity contribution in [3.05, 3.63) is 65.1 Å². The number of hydrogen-bond acceptors (Lipinski definition) is 6. The number of halogens is 5. The van der Waals surface area contributed by atoms with Crippen LogP contribution in [0.1, 0.15) is 30.2 Å². The fourth-order valence-corrected chi connectivity index (χ4v) is 3.89. The van der Waals surface area contributed by atoms with Gasteiger partial charge in [0.05, 0.1) is 30.1 Å². The van der Waals surface area contributed by atoms with Gasteiger partial charge in [0, 0.05) is 30.0 Å². The number of hydrogen-bond donors (Lipinski definition) is 1. The minimum atomic E-state index is -4.76. The van der Waals surface area contributed by atoms with E-state index in [1.165, 1.54) is 32.5 Å². The van der Waals surface area contributed by atoms with E-state index in [2.05, 4.69) is 19.7 Å². The number of ether oxygens (including phenoxy) is 2. The summed E-state index contributed by atoms with van der Waals surface area (Å²) in [7, 11) is 1.50. The molecule has 11 heteroatoms. The van der Waals surface area contributed by atoms with Gasteiger partial charge in [-0.1, -0.05) is 0 Å². The van der Waals surface area contributed by atoms with Crippen LogP contribution in [0.5, 0.6) is 5.75 Å². The van der Waals surface area contributed by atoms with Gasteiger partial charge in [-0.05, 0) is 36.8 Å². The molecule has 0 aliphatic carbocycles. The van der Waals surface area contributed by atoms with Gasteiger partial charge in [0.1, 0.15) is 5.75 Å². The van der Waals surface area contributed by atoms with Crippen LogP contribution in [0.3, 0.4) is 0 Å². The van der Waals surface area contributed by atoms with E-state index in [9.17, 15) is 22.0 Å². The summed E-state index contributed by atoms with van der Waals surface area (Å²) in [6.07, 6.45) is -4.72. The standard InChI is InChI=1S/C22H19F5N4O2/c1-21(9-17(22(25,26)27)33-20(28)31-21)14-5-11(6-15(23)18(14)24)7-16-19-12(3-4-29-16)8-13(32-2)10-30-19/h3-6,8,10,17H,7,9H2,1-2H3,(H2,28,31)/t17-,21-/m0/s1. The third kappa shape index (κ3) is 4.39. The van der Waals surface area contributed by atoms with E-state index in [1.807, 2.05) is 0 Å². The Balaban J connectivity index is 1.76. The predicted molar refractivity (Wildman–Crippen MR) is 110 cm³/mol. The molecule has 33 heavy (non-hydrogen) atoms. The number of benzene rings is 1. The van der Waals surface area contributed by atoms with Crippen molar-refractivity contribution in [2.75, 3.05) is 7.11 Å². The van der Waals surface area contributed by atoms with Gasteiger partial charge in [-0.15, -0.1) is 0 Å². The maximum Gasteiger partial charge on any atom is 0.425 e. The van der Waals surface area contributed by atoms with Crippen LogP contribution in [0.4, 0.5) is 22.0 Å². The van der Waals surface area contributed by atoms with Gasteiger partial charge in [-0.2, -0.15) is 13.2 Å². The number of nitrogens with two attached hydrogens (primary N) is 1. The monoisotopic (exact) mass is 466 g/mol. The van der Waals surface area contributed by atoms with Crippen molar-refractivity contribution in [1.29, 1.82) is 0 Å². The molecule has 0 saturated heterocycles. The minimum absolute atomic E-state index is 0.0509. The lowest BCUT2D eigenvalue weighted by Gasteiger charge is -2.36. The number of fused-ring (bicyclic) bond motifs is 1. The Morgan fingerprint density at radius 2 is 1.97 bits per heavy atom. The summed E-state index contributed by atoms with van der Waals surface area (Å²) in [5, 5.41) is 0.726.